The Kier molecular flexibility index (Phi) is 3.85. The van der Waals surface area contributed by atoms with Gasteiger partial charge in [-0.15, -0.1) is 0 Å². The molecule has 0 aliphatic carbocycles. The molecule has 0 saturated carbocycles. The summed E-state index contributed by atoms with van der Waals surface area (Å²) < 4.78 is 6.34. The van der Waals surface area contributed by atoms with Crippen LogP contribution in [0.15, 0.2) is 34.8 Å². The highest BCUT2D eigenvalue weighted by molar-refractivity contribution is 9.10. The van der Waals surface area contributed by atoms with E-state index in [2.05, 4.69) is 20.9 Å². The molecule has 2 rings (SSSR count). The van der Waals surface area contributed by atoms with E-state index in [1.54, 1.807) is 30.3 Å². The molecule has 0 N–H and O–H groups in total. The molecule has 18 heavy (non-hydrogen) atoms. The summed E-state index contributed by atoms with van der Waals surface area (Å²) in [6.45, 7) is 1.84. The number of nitrogens with zero attached hydrogens (tertiary/aromatic N) is 2. The number of aromatic nitrogens is 1. The number of benzene rings is 1. The predicted molar refractivity (Wildman–Crippen MR) is 72.9 cm³/mol. The van der Waals surface area contributed by atoms with E-state index in [4.69, 9.17) is 21.6 Å². The Morgan fingerprint density at radius 2 is 2.11 bits per heavy atom. The number of hydrogen-bond acceptors (Lipinski definition) is 3. The molecule has 0 unspecified atom stereocenters. The van der Waals surface area contributed by atoms with Crippen molar-refractivity contribution in [1.82, 2.24) is 4.98 Å². The fourth-order valence-corrected chi connectivity index (χ4v) is 2.12. The quantitative estimate of drug-likeness (QED) is 0.819. The van der Waals surface area contributed by atoms with Crippen molar-refractivity contribution in [2.45, 2.75) is 6.92 Å². The summed E-state index contributed by atoms with van der Waals surface area (Å²) in [7, 11) is 0. The van der Waals surface area contributed by atoms with E-state index in [-0.39, 0.29) is 0 Å². The van der Waals surface area contributed by atoms with Crippen LogP contribution in [0.3, 0.4) is 0 Å². The highest BCUT2D eigenvalue weighted by Crippen LogP contribution is 2.32. The minimum absolute atomic E-state index is 0.292. The standard InChI is InChI=1S/C13H8BrClN2O/c1-8-2-3-9(7-16)13(17-8)18-12-5-4-10(15)6-11(12)14/h2-6H,1H3. The molecule has 90 valence electrons. The van der Waals surface area contributed by atoms with Gasteiger partial charge in [-0.05, 0) is 53.2 Å². The Labute approximate surface area is 118 Å². The van der Waals surface area contributed by atoms with Crippen LogP contribution < -0.4 is 4.74 Å². The summed E-state index contributed by atoms with van der Waals surface area (Å²) in [4.78, 5) is 4.20. The van der Waals surface area contributed by atoms with Gasteiger partial charge in [-0.1, -0.05) is 11.6 Å². The summed E-state index contributed by atoms with van der Waals surface area (Å²) in [6.07, 6.45) is 0. The first-order chi connectivity index (χ1) is 8.60. The third-order valence-electron chi connectivity index (χ3n) is 2.22. The summed E-state index contributed by atoms with van der Waals surface area (Å²) in [5.41, 5.74) is 1.18. The average Bonchev–Trinajstić information content (AvgIpc) is 2.33. The number of ether oxygens (including phenoxy) is 1. The van der Waals surface area contributed by atoms with E-state index in [9.17, 15) is 0 Å². The minimum atomic E-state index is 0.292. The third-order valence-corrected chi connectivity index (χ3v) is 3.08. The van der Waals surface area contributed by atoms with E-state index >= 15 is 0 Å². The van der Waals surface area contributed by atoms with E-state index in [1.165, 1.54) is 0 Å². The van der Waals surface area contributed by atoms with E-state index < -0.39 is 0 Å². The van der Waals surface area contributed by atoms with Gasteiger partial charge in [0.05, 0.1) is 4.47 Å². The molecular formula is C13H8BrClN2O. The lowest BCUT2D eigenvalue weighted by Gasteiger charge is -2.08. The zero-order valence-corrected chi connectivity index (χ0v) is 11.8. The lowest BCUT2D eigenvalue weighted by Crippen LogP contribution is -1.94. The van der Waals surface area contributed by atoms with Gasteiger partial charge >= 0.3 is 0 Å². The smallest absolute Gasteiger partial charge is 0.237 e. The number of aryl methyl sites for hydroxylation is 1. The number of pyridine rings is 1. The van der Waals surface area contributed by atoms with Crippen LogP contribution in [-0.2, 0) is 0 Å². The van der Waals surface area contributed by atoms with Gasteiger partial charge in [0.15, 0.2) is 0 Å². The number of hydrogen-bond donors (Lipinski definition) is 0. The van der Waals surface area contributed by atoms with Gasteiger partial charge in [0.2, 0.25) is 5.88 Å². The molecule has 1 aromatic carbocycles. The molecule has 1 aromatic heterocycles. The lowest BCUT2D eigenvalue weighted by atomic mass is 10.2. The van der Waals surface area contributed by atoms with Gasteiger partial charge < -0.3 is 4.74 Å². The molecule has 0 aliphatic rings. The maximum Gasteiger partial charge on any atom is 0.237 e. The molecule has 0 bridgehead atoms. The number of nitriles is 1. The monoisotopic (exact) mass is 322 g/mol. The van der Waals surface area contributed by atoms with Crippen molar-refractivity contribution >= 4 is 27.5 Å². The Balaban J connectivity index is 2.40. The molecule has 0 radical (unpaired) electrons. The van der Waals surface area contributed by atoms with Crippen LogP contribution >= 0.6 is 27.5 Å². The Morgan fingerprint density at radius 1 is 1.33 bits per heavy atom. The molecule has 0 atom stereocenters. The second-order valence-corrected chi connectivity index (χ2v) is 4.88. The van der Waals surface area contributed by atoms with Gasteiger partial charge in [0.1, 0.15) is 17.4 Å². The van der Waals surface area contributed by atoms with E-state index in [1.807, 2.05) is 13.0 Å². The summed E-state index contributed by atoms with van der Waals surface area (Å²) in [5, 5.41) is 9.60. The van der Waals surface area contributed by atoms with Crippen molar-refractivity contribution in [3.63, 3.8) is 0 Å². The normalized spacial score (nSPS) is 9.89. The lowest BCUT2D eigenvalue weighted by molar-refractivity contribution is 0.457. The van der Waals surface area contributed by atoms with Gasteiger partial charge in [-0.2, -0.15) is 5.26 Å². The maximum absolute atomic E-state index is 9.00. The first-order valence-electron chi connectivity index (χ1n) is 5.11. The second-order valence-electron chi connectivity index (χ2n) is 3.59. The Morgan fingerprint density at radius 3 is 2.78 bits per heavy atom. The van der Waals surface area contributed by atoms with Crippen LogP contribution in [0.1, 0.15) is 11.3 Å². The molecule has 3 nitrogen and oxygen atoms in total. The molecule has 0 amide bonds. The van der Waals surface area contributed by atoms with Gasteiger partial charge in [-0.25, -0.2) is 4.98 Å². The topological polar surface area (TPSA) is 45.9 Å². The van der Waals surface area contributed by atoms with Crippen molar-refractivity contribution in [3.05, 3.63) is 51.1 Å². The zero-order valence-electron chi connectivity index (χ0n) is 9.45. The molecular weight excluding hydrogens is 316 g/mol. The van der Waals surface area contributed by atoms with Crippen LogP contribution in [0.4, 0.5) is 0 Å². The first kappa shape index (κ1) is 12.9. The molecule has 0 aliphatic heterocycles. The van der Waals surface area contributed by atoms with E-state index in [0.717, 1.165) is 5.69 Å². The van der Waals surface area contributed by atoms with Crippen molar-refractivity contribution < 1.29 is 4.74 Å². The van der Waals surface area contributed by atoms with Crippen molar-refractivity contribution in [3.8, 4) is 17.7 Å². The number of halogens is 2. The van der Waals surface area contributed by atoms with Crippen molar-refractivity contribution in [1.29, 1.82) is 5.26 Å². The second kappa shape index (κ2) is 5.38. The fraction of sp³-hybridized carbons (Fsp3) is 0.0769. The highest BCUT2D eigenvalue weighted by Gasteiger charge is 2.09. The third kappa shape index (κ3) is 2.81. The Bertz CT molecular complexity index is 637. The summed E-state index contributed by atoms with van der Waals surface area (Å²) >= 11 is 9.20. The molecule has 1 heterocycles. The highest BCUT2D eigenvalue weighted by atomic mass is 79.9. The maximum atomic E-state index is 9.00. The van der Waals surface area contributed by atoms with Crippen LogP contribution in [0.5, 0.6) is 11.6 Å². The van der Waals surface area contributed by atoms with Crippen LogP contribution in [-0.4, -0.2) is 4.98 Å². The van der Waals surface area contributed by atoms with Gasteiger partial charge in [-0.3, -0.25) is 0 Å². The molecule has 5 heteroatoms. The van der Waals surface area contributed by atoms with Crippen LogP contribution in [0.25, 0.3) is 0 Å². The van der Waals surface area contributed by atoms with Gasteiger partial charge in [0, 0.05) is 10.7 Å². The molecule has 0 saturated heterocycles. The molecule has 0 spiro atoms. The SMILES string of the molecule is Cc1ccc(C#N)c(Oc2ccc(Cl)cc2Br)n1. The zero-order chi connectivity index (χ0) is 13.1. The predicted octanol–water partition coefficient (Wildman–Crippen LogP) is 4.47. The average molecular weight is 324 g/mol. The summed E-state index contributed by atoms with van der Waals surface area (Å²) in [5.74, 6) is 0.856. The molecule has 2 aromatic rings. The van der Waals surface area contributed by atoms with Crippen molar-refractivity contribution in [2.24, 2.45) is 0 Å². The van der Waals surface area contributed by atoms with Crippen LogP contribution in [0.2, 0.25) is 5.02 Å². The summed E-state index contributed by atoms with van der Waals surface area (Å²) in [6, 6.07) is 10.6. The minimum Gasteiger partial charge on any atom is -0.436 e. The Hall–Kier alpha value is -1.57. The largest absolute Gasteiger partial charge is 0.436 e. The fourth-order valence-electron chi connectivity index (χ4n) is 1.36. The van der Waals surface area contributed by atoms with E-state index in [0.29, 0.717) is 26.7 Å². The van der Waals surface area contributed by atoms with Crippen LogP contribution in [0, 0.1) is 18.3 Å². The first-order valence-corrected chi connectivity index (χ1v) is 6.28. The number of rotatable bonds is 2. The van der Waals surface area contributed by atoms with Gasteiger partial charge in [0.25, 0.3) is 0 Å². The van der Waals surface area contributed by atoms with Crippen molar-refractivity contribution in [2.75, 3.05) is 0 Å². The molecule has 0 fully saturated rings.